The summed E-state index contributed by atoms with van der Waals surface area (Å²) in [6, 6.07) is 0.270. The molecule has 0 aromatic heterocycles. The molecule has 4 nitrogen and oxygen atoms in total. The molecular formula is C14H29N3O. The minimum atomic E-state index is -0.0943. The first-order valence-corrected chi connectivity index (χ1v) is 7.33. The Kier molecular flexibility index (Phi) is 6.65. The van der Waals surface area contributed by atoms with E-state index in [0.29, 0.717) is 6.04 Å². The van der Waals surface area contributed by atoms with Gasteiger partial charge in [-0.05, 0) is 32.7 Å². The van der Waals surface area contributed by atoms with E-state index in [2.05, 4.69) is 17.1 Å². The van der Waals surface area contributed by atoms with E-state index in [1.807, 2.05) is 13.8 Å². The molecule has 0 saturated carbocycles. The Balaban J connectivity index is 2.25. The average molecular weight is 255 g/mol. The maximum Gasteiger partial charge on any atom is 0.224 e. The van der Waals surface area contributed by atoms with E-state index in [9.17, 15) is 4.79 Å². The summed E-state index contributed by atoms with van der Waals surface area (Å²) in [5.41, 5.74) is 5.75. The third-order valence-corrected chi connectivity index (χ3v) is 3.96. The Bertz CT molecular complexity index is 247. The van der Waals surface area contributed by atoms with Crippen LogP contribution in [0.3, 0.4) is 0 Å². The number of nitrogens with zero attached hydrogens (tertiary/aromatic N) is 1. The number of nitrogens with two attached hydrogens (primary N) is 1. The van der Waals surface area contributed by atoms with Crippen molar-refractivity contribution in [3.05, 3.63) is 0 Å². The van der Waals surface area contributed by atoms with Crippen molar-refractivity contribution in [2.45, 2.75) is 58.5 Å². The molecule has 18 heavy (non-hydrogen) atoms. The van der Waals surface area contributed by atoms with Crippen molar-refractivity contribution in [3.8, 4) is 0 Å². The minimum Gasteiger partial charge on any atom is -0.353 e. The Morgan fingerprint density at radius 3 is 2.50 bits per heavy atom. The summed E-state index contributed by atoms with van der Waals surface area (Å²) >= 11 is 0. The van der Waals surface area contributed by atoms with E-state index in [1.54, 1.807) is 0 Å². The van der Waals surface area contributed by atoms with Gasteiger partial charge in [0.25, 0.3) is 0 Å². The van der Waals surface area contributed by atoms with E-state index in [0.717, 1.165) is 25.9 Å². The van der Waals surface area contributed by atoms with E-state index in [4.69, 9.17) is 5.73 Å². The number of hydrogen-bond acceptors (Lipinski definition) is 3. The highest BCUT2D eigenvalue weighted by atomic mass is 16.1. The summed E-state index contributed by atoms with van der Waals surface area (Å²) in [4.78, 5) is 14.4. The van der Waals surface area contributed by atoms with Crippen molar-refractivity contribution in [2.75, 3.05) is 19.6 Å². The molecule has 1 saturated heterocycles. The Labute approximate surface area is 111 Å². The molecule has 1 heterocycles. The van der Waals surface area contributed by atoms with Gasteiger partial charge in [0.1, 0.15) is 0 Å². The van der Waals surface area contributed by atoms with Crippen LogP contribution in [0.2, 0.25) is 0 Å². The Morgan fingerprint density at radius 1 is 1.39 bits per heavy atom. The molecule has 0 spiro atoms. The second-order valence-corrected chi connectivity index (χ2v) is 5.63. The quantitative estimate of drug-likeness (QED) is 0.753. The predicted molar refractivity (Wildman–Crippen MR) is 75.3 cm³/mol. The summed E-state index contributed by atoms with van der Waals surface area (Å²) in [6.45, 7) is 9.43. The Hall–Kier alpha value is -0.610. The fraction of sp³-hybridized carbons (Fsp3) is 0.929. The molecule has 1 amide bonds. The van der Waals surface area contributed by atoms with Gasteiger partial charge in [0.15, 0.2) is 0 Å². The predicted octanol–water partition coefficient (Wildman–Crippen LogP) is 1.35. The summed E-state index contributed by atoms with van der Waals surface area (Å²) in [6.07, 6.45) is 4.67. The largest absolute Gasteiger partial charge is 0.353 e. The molecule has 0 radical (unpaired) electrons. The molecule has 0 bridgehead atoms. The van der Waals surface area contributed by atoms with Crippen LogP contribution >= 0.6 is 0 Å². The van der Waals surface area contributed by atoms with Gasteiger partial charge in [-0.2, -0.15) is 0 Å². The van der Waals surface area contributed by atoms with Crippen molar-refractivity contribution in [1.82, 2.24) is 10.2 Å². The standard InChI is InChI=1S/C14H29N3O/c1-4-5-8-17-9-6-13(7-10-17)16-14(18)11(2)12(3)15/h11-13H,4-10,15H2,1-3H3,(H,16,18). The lowest BCUT2D eigenvalue weighted by Gasteiger charge is -2.33. The van der Waals surface area contributed by atoms with Crippen molar-refractivity contribution in [2.24, 2.45) is 11.7 Å². The molecule has 2 unspecified atom stereocenters. The van der Waals surface area contributed by atoms with E-state index < -0.39 is 0 Å². The second kappa shape index (κ2) is 7.74. The molecule has 3 N–H and O–H groups in total. The smallest absolute Gasteiger partial charge is 0.224 e. The average Bonchev–Trinajstić information content (AvgIpc) is 2.36. The molecule has 1 rings (SSSR count). The summed E-state index contributed by atoms with van der Waals surface area (Å²) in [7, 11) is 0. The second-order valence-electron chi connectivity index (χ2n) is 5.63. The van der Waals surface area contributed by atoms with Crippen molar-refractivity contribution in [1.29, 1.82) is 0 Å². The monoisotopic (exact) mass is 255 g/mol. The molecule has 1 aliphatic rings. The molecule has 0 aliphatic carbocycles. The number of nitrogens with one attached hydrogen (secondary N) is 1. The van der Waals surface area contributed by atoms with E-state index >= 15 is 0 Å². The lowest BCUT2D eigenvalue weighted by molar-refractivity contribution is -0.126. The third-order valence-electron chi connectivity index (χ3n) is 3.96. The number of amides is 1. The van der Waals surface area contributed by atoms with Crippen molar-refractivity contribution in [3.63, 3.8) is 0 Å². The molecular weight excluding hydrogens is 226 g/mol. The summed E-state index contributed by atoms with van der Waals surface area (Å²) < 4.78 is 0. The van der Waals surface area contributed by atoms with Crippen LogP contribution in [0.25, 0.3) is 0 Å². The first-order valence-electron chi connectivity index (χ1n) is 7.33. The third kappa shape index (κ3) is 4.94. The van der Waals surface area contributed by atoms with E-state index in [-0.39, 0.29) is 17.9 Å². The van der Waals surface area contributed by atoms with Gasteiger partial charge < -0.3 is 16.0 Å². The van der Waals surface area contributed by atoms with Crippen LogP contribution < -0.4 is 11.1 Å². The van der Waals surface area contributed by atoms with Crippen LogP contribution in [0, 0.1) is 5.92 Å². The van der Waals surface area contributed by atoms with Gasteiger partial charge in [0, 0.05) is 31.1 Å². The first-order chi connectivity index (χ1) is 8.54. The molecule has 2 atom stereocenters. The number of rotatable bonds is 6. The molecule has 0 aromatic carbocycles. The summed E-state index contributed by atoms with van der Waals surface area (Å²) in [5, 5.41) is 3.13. The lowest BCUT2D eigenvalue weighted by atomic mass is 10.0. The van der Waals surface area contributed by atoms with Gasteiger partial charge in [-0.3, -0.25) is 4.79 Å². The lowest BCUT2D eigenvalue weighted by Crippen LogP contribution is -2.48. The maximum atomic E-state index is 11.9. The van der Waals surface area contributed by atoms with Crippen LogP contribution in [0.4, 0.5) is 0 Å². The maximum absolute atomic E-state index is 11.9. The van der Waals surface area contributed by atoms with Crippen molar-refractivity contribution < 1.29 is 4.79 Å². The summed E-state index contributed by atoms with van der Waals surface area (Å²) in [5.74, 6) is 0.0140. The number of carbonyl (C=O) groups is 1. The number of carbonyl (C=O) groups excluding carboxylic acids is 1. The van der Waals surface area contributed by atoms with Gasteiger partial charge in [0.2, 0.25) is 5.91 Å². The molecule has 1 fully saturated rings. The van der Waals surface area contributed by atoms with Crippen LogP contribution in [-0.4, -0.2) is 42.5 Å². The highest BCUT2D eigenvalue weighted by molar-refractivity contribution is 5.79. The molecule has 1 aliphatic heterocycles. The van der Waals surface area contributed by atoms with Gasteiger partial charge in [0.05, 0.1) is 0 Å². The first kappa shape index (κ1) is 15.4. The van der Waals surface area contributed by atoms with Crippen LogP contribution in [-0.2, 0) is 4.79 Å². The van der Waals surface area contributed by atoms with Gasteiger partial charge in [-0.1, -0.05) is 20.3 Å². The zero-order valence-electron chi connectivity index (χ0n) is 12.1. The zero-order valence-corrected chi connectivity index (χ0v) is 12.1. The fourth-order valence-corrected chi connectivity index (χ4v) is 2.25. The minimum absolute atomic E-state index is 0.0744. The van der Waals surface area contributed by atoms with Gasteiger partial charge in [-0.15, -0.1) is 0 Å². The highest BCUT2D eigenvalue weighted by Crippen LogP contribution is 2.12. The number of piperidine rings is 1. The number of likely N-dealkylation sites (tertiary alicyclic amines) is 1. The zero-order chi connectivity index (χ0) is 13.5. The SMILES string of the molecule is CCCCN1CCC(NC(=O)C(C)C(C)N)CC1. The van der Waals surface area contributed by atoms with Crippen LogP contribution in [0.5, 0.6) is 0 Å². The molecule has 4 heteroatoms. The molecule has 106 valence electrons. The normalized spacial score (nSPS) is 21.6. The van der Waals surface area contributed by atoms with E-state index in [1.165, 1.54) is 19.4 Å². The Morgan fingerprint density at radius 2 is 2.00 bits per heavy atom. The molecule has 0 aromatic rings. The number of hydrogen-bond donors (Lipinski definition) is 2. The number of unbranched alkanes of at least 4 members (excludes halogenated alkanes) is 1. The topological polar surface area (TPSA) is 58.4 Å². The van der Waals surface area contributed by atoms with Crippen LogP contribution in [0.1, 0.15) is 46.5 Å². The fourth-order valence-electron chi connectivity index (χ4n) is 2.25. The van der Waals surface area contributed by atoms with Gasteiger partial charge >= 0.3 is 0 Å². The van der Waals surface area contributed by atoms with Crippen molar-refractivity contribution >= 4 is 5.91 Å². The van der Waals surface area contributed by atoms with Gasteiger partial charge in [-0.25, -0.2) is 0 Å². The van der Waals surface area contributed by atoms with Crippen LogP contribution in [0.15, 0.2) is 0 Å². The highest BCUT2D eigenvalue weighted by Gasteiger charge is 2.23.